The van der Waals surface area contributed by atoms with Crippen LogP contribution in [0.4, 0.5) is 22.7 Å². The van der Waals surface area contributed by atoms with E-state index in [9.17, 15) is 19.2 Å². The SMILES string of the molecule is CC(=O)Nc1cc2c(c(C3C=Cc4ccccc43)c1NC(C)=O)[CH]([Sn]([c]1ccccc1)[c]1ccccc1)c1ccccc1-2.CC(=O)Nc1cc2c(c(C3C=Cc4ccccc43)c1NC(C)=O)[CH]([Sn]([c]1ccccc1)[c]1ccccc1)c1ccccc1-2.[Hf]. The molecular formula is C76H62HfN4O4Sn2. The van der Waals surface area contributed by atoms with Crippen molar-refractivity contribution in [3.63, 3.8) is 0 Å². The van der Waals surface area contributed by atoms with Gasteiger partial charge in [0.1, 0.15) is 0 Å². The van der Waals surface area contributed by atoms with Crippen LogP contribution < -0.4 is 35.6 Å². The number of amides is 4. The fourth-order valence-corrected chi connectivity index (χ4v) is 32.4. The van der Waals surface area contributed by atoms with Gasteiger partial charge in [-0.25, -0.2) is 0 Å². The number of carbonyl (C=O) groups is 4. The van der Waals surface area contributed by atoms with Crippen molar-refractivity contribution in [2.24, 2.45) is 0 Å². The van der Waals surface area contributed by atoms with Crippen LogP contribution in [-0.2, 0) is 45.0 Å². The van der Waals surface area contributed by atoms with Gasteiger partial charge >= 0.3 is 521 Å². The summed E-state index contributed by atoms with van der Waals surface area (Å²) in [6.45, 7) is 6.11. The first-order valence-corrected chi connectivity index (χ1v) is 38.2. The molecule has 4 N–H and O–H groups in total. The van der Waals surface area contributed by atoms with E-state index in [1.165, 1.54) is 97.6 Å². The molecule has 4 aliphatic rings. The summed E-state index contributed by atoms with van der Waals surface area (Å²) in [5.74, 6) is -0.831. The number of hydrogen-bond donors (Lipinski definition) is 4. The molecule has 4 atom stereocenters. The van der Waals surface area contributed by atoms with Crippen molar-refractivity contribution in [3.05, 3.63) is 298 Å². The van der Waals surface area contributed by atoms with Gasteiger partial charge in [0.25, 0.3) is 0 Å². The minimum Gasteiger partial charge on any atom is 0 e. The van der Waals surface area contributed by atoms with Crippen LogP contribution in [0.25, 0.3) is 34.4 Å². The summed E-state index contributed by atoms with van der Waals surface area (Å²) in [5.41, 5.74) is 19.4. The molecule has 14 rings (SSSR count). The molecule has 4 aliphatic carbocycles. The molecule has 11 heteroatoms. The van der Waals surface area contributed by atoms with E-state index >= 15 is 0 Å². The smallest absolute Gasteiger partial charge is 0 e. The fourth-order valence-electron chi connectivity index (χ4n) is 13.7. The molecule has 4 unspecified atom stereocenters. The average Bonchev–Trinajstić information content (AvgIpc) is 2.46. The topological polar surface area (TPSA) is 116 Å². The van der Waals surface area contributed by atoms with Crippen LogP contribution in [-0.4, -0.2) is 63.1 Å². The summed E-state index contributed by atoms with van der Waals surface area (Å²) in [6, 6.07) is 82.6. The second-order valence-corrected chi connectivity index (χ2v) is 36.9. The molecule has 0 heterocycles. The molecule has 0 aromatic heterocycles. The van der Waals surface area contributed by atoms with Crippen LogP contribution in [0.1, 0.15) is 103 Å². The Kier molecular flexibility index (Phi) is 17.6. The van der Waals surface area contributed by atoms with Crippen molar-refractivity contribution in [2.45, 2.75) is 47.4 Å². The molecule has 10 aromatic rings. The van der Waals surface area contributed by atoms with E-state index in [1.54, 1.807) is 0 Å². The normalized spacial score (nSPS) is 15.8. The zero-order valence-electron chi connectivity index (χ0n) is 48.7. The third-order valence-electron chi connectivity index (χ3n) is 16.9. The molecule has 0 fully saturated rings. The van der Waals surface area contributed by atoms with Crippen LogP contribution in [0.3, 0.4) is 0 Å². The van der Waals surface area contributed by atoms with Crippen LogP contribution >= 0.6 is 0 Å². The molecule has 10 aromatic carbocycles. The van der Waals surface area contributed by atoms with Gasteiger partial charge in [0, 0.05) is 25.8 Å². The van der Waals surface area contributed by atoms with Gasteiger partial charge in [0.15, 0.2) is 0 Å². The van der Waals surface area contributed by atoms with E-state index in [0.717, 1.165) is 22.3 Å². The van der Waals surface area contributed by atoms with Crippen LogP contribution in [0.2, 0.25) is 0 Å². The summed E-state index contributed by atoms with van der Waals surface area (Å²) in [5, 5.41) is 12.5. The van der Waals surface area contributed by atoms with Crippen LogP contribution in [0.15, 0.2) is 243 Å². The Morgan fingerprint density at radius 2 is 0.609 bits per heavy atom. The van der Waals surface area contributed by atoms with Crippen LogP contribution in [0, 0.1) is 0 Å². The second-order valence-electron chi connectivity index (χ2n) is 22.3. The Bertz CT molecular complexity index is 4010. The van der Waals surface area contributed by atoms with Gasteiger partial charge in [-0.05, 0) is 0 Å². The van der Waals surface area contributed by atoms with Crippen molar-refractivity contribution >= 4 is 112 Å². The summed E-state index contributed by atoms with van der Waals surface area (Å²) in [4.78, 5) is 50.7. The molecule has 87 heavy (non-hydrogen) atoms. The van der Waals surface area contributed by atoms with E-state index < -0.39 is 39.5 Å². The number of hydrogen-bond acceptors (Lipinski definition) is 4. The largest absolute Gasteiger partial charge is 0 e. The molecule has 0 saturated heterocycles. The van der Waals surface area contributed by atoms with Crippen molar-refractivity contribution in [1.29, 1.82) is 0 Å². The molecule has 2 radical (unpaired) electrons. The Balaban J connectivity index is 0.000000168. The Hall–Kier alpha value is -7.97. The first-order valence-electron chi connectivity index (χ1n) is 29.2. The number of anilines is 4. The monoisotopic (exact) mass is 1510 g/mol. The maximum absolute atomic E-state index is 12.8. The van der Waals surface area contributed by atoms with E-state index in [-0.39, 0.29) is 69.2 Å². The molecule has 8 nitrogen and oxygen atoms in total. The quantitative estimate of drug-likeness (QED) is 0.0912. The van der Waals surface area contributed by atoms with Crippen molar-refractivity contribution in [2.75, 3.05) is 21.3 Å². The Morgan fingerprint density at radius 1 is 0.322 bits per heavy atom. The summed E-state index contributed by atoms with van der Waals surface area (Å²) < 4.78 is 6.00. The zero-order valence-corrected chi connectivity index (χ0v) is 58.0. The summed E-state index contributed by atoms with van der Waals surface area (Å²) in [7, 11) is 0. The number of rotatable bonds is 12. The summed E-state index contributed by atoms with van der Waals surface area (Å²) >= 11 is -5.56. The number of fused-ring (bicyclic) bond motifs is 8. The Labute approximate surface area is 541 Å². The van der Waals surface area contributed by atoms with Crippen LogP contribution in [0.5, 0.6) is 0 Å². The number of benzene rings is 10. The van der Waals surface area contributed by atoms with Crippen molar-refractivity contribution in [3.8, 4) is 22.3 Å². The third-order valence-corrected chi connectivity index (χ3v) is 34.5. The van der Waals surface area contributed by atoms with Gasteiger partial charge in [-0.15, -0.1) is 0 Å². The number of carbonyl (C=O) groups excluding carboxylic acids is 4. The molecular weight excluding hydrogens is 1450 g/mol. The standard InChI is InChI=1S/2C26H21N2O2.4C6H5.Hf.2Sn/c2*1-15(29)27-24-14-22-20-10-6-4-8-18(20)13-23(22)25(26(24)28-16(2)30)21-12-11-17-7-3-5-9-19(17)21;4*1-2-4-6-5-3-1;;;/h2*3-14,21H,1-2H3,(H,27,29)(H,28,30);4*1-5H;;;. The molecule has 0 saturated carbocycles. The maximum Gasteiger partial charge on any atom is 0 e. The molecule has 0 aliphatic heterocycles. The molecule has 422 valence electrons. The zero-order chi connectivity index (χ0) is 59.0. The van der Waals surface area contributed by atoms with E-state index in [4.69, 9.17) is 0 Å². The minimum atomic E-state index is -2.78. The van der Waals surface area contributed by atoms with Crippen molar-refractivity contribution in [1.82, 2.24) is 0 Å². The van der Waals surface area contributed by atoms with E-state index in [1.807, 2.05) is 0 Å². The predicted octanol–water partition coefficient (Wildman–Crippen LogP) is 13.4. The maximum atomic E-state index is 12.8. The molecule has 4 amide bonds. The number of nitrogens with one attached hydrogen (secondary N) is 4. The van der Waals surface area contributed by atoms with Gasteiger partial charge in [0.05, 0.1) is 0 Å². The predicted molar refractivity (Wildman–Crippen MR) is 355 cm³/mol. The van der Waals surface area contributed by atoms with E-state index in [2.05, 4.69) is 276 Å². The van der Waals surface area contributed by atoms with Crippen molar-refractivity contribution < 1.29 is 45.0 Å². The average molecular weight is 1510 g/mol. The Morgan fingerprint density at radius 3 is 0.931 bits per heavy atom. The number of allylic oxidation sites excluding steroid dienone is 2. The second kappa shape index (κ2) is 25.8. The molecule has 0 bridgehead atoms. The first kappa shape index (κ1) is 59.4. The van der Waals surface area contributed by atoms with Gasteiger partial charge in [-0.1, -0.05) is 0 Å². The van der Waals surface area contributed by atoms with Gasteiger partial charge in [-0.2, -0.15) is 0 Å². The third kappa shape index (κ3) is 11.5. The first-order chi connectivity index (χ1) is 42.0. The van der Waals surface area contributed by atoms with Gasteiger partial charge in [0.2, 0.25) is 0 Å². The fraction of sp³-hybridized carbons (Fsp3) is 0.105. The summed E-state index contributed by atoms with van der Waals surface area (Å²) in [6.07, 6.45) is 8.86. The minimum absolute atomic E-state index is 0. The van der Waals surface area contributed by atoms with E-state index in [0.29, 0.717) is 22.7 Å². The molecule has 0 spiro atoms. The van der Waals surface area contributed by atoms with Gasteiger partial charge in [-0.3, -0.25) is 0 Å². The van der Waals surface area contributed by atoms with Gasteiger partial charge < -0.3 is 0 Å².